The number of hydrogen-bond acceptors (Lipinski definition) is 2. The van der Waals surface area contributed by atoms with E-state index in [1.165, 1.54) is 12.0 Å². The second kappa shape index (κ2) is 10.2. The lowest BCUT2D eigenvalue weighted by Crippen LogP contribution is -2.20. The average Bonchev–Trinajstić information content (AvgIpc) is 2.14. The van der Waals surface area contributed by atoms with Crippen LogP contribution in [-0.4, -0.2) is 26.3 Å². The summed E-state index contributed by atoms with van der Waals surface area (Å²) >= 11 is 0. The molecule has 0 rings (SSSR count). The van der Waals surface area contributed by atoms with Crippen molar-refractivity contribution in [2.45, 2.75) is 40.0 Å². The Bertz CT molecular complexity index is 155. The summed E-state index contributed by atoms with van der Waals surface area (Å²) in [6.07, 6.45) is 3.35. The Hall–Kier alpha value is -0.340. The van der Waals surface area contributed by atoms with Crippen molar-refractivity contribution in [3.05, 3.63) is 12.2 Å². The third-order valence-corrected chi connectivity index (χ3v) is 2.12. The Morgan fingerprint density at radius 3 is 2.60 bits per heavy atom. The fourth-order valence-corrected chi connectivity index (χ4v) is 1.19. The van der Waals surface area contributed by atoms with Crippen LogP contribution in [0.3, 0.4) is 0 Å². The molecule has 0 aliphatic rings. The highest BCUT2D eigenvalue weighted by atomic mass is 16.5. The van der Waals surface area contributed by atoms with Gasteiger partial charge in [-0.25, -0.2) is 0 Å². The van der Waals surface area contributed by atoms with Crippen LogP contribution in [0.1, 0.15) is 40.0 Å². The molecule has 0 amide bonds. The van der Waals surface area contributed by atoms with E-state index in [4.69, 9.17) is 4.74 Å². The first-order chi connectivity index (χ1) is 7.13. The molecule has 0 aliphatic carbocycles. The molecule has 0 aromatic rings. The topological polar surface area (TPSA) is 21.3 Å². The highest BCUT2D eigenvalue weighted by Gasteiger charge is 1.93. The summed E-state index contributed by atoms with van der Waals surface area (Å²) in [5, 5.41) is 3.42. The minimum atomic E-state index is 0.747. The van der Waals surface area contributed by atoms with Crippen molar-refractivity contribution in [2.24, 2.45) is 5.92 Å². The SMILES string of the molecule is C=C(C)CCOCCCCNCC(C)C. The molecule has 90 valence electrons. The van der Waals surface area contributed by atoms with E-state index in [9.17, 15) is 0 Å². The van der Waals surface area contributed by atoms with Gasteiger partial charge in [0.15, 0.2) is 0 Å². The second-order valence-corrected chi connectivity index (χ2v) is 4.62. The average molecular weight is 213 g/mol. The van der Waals surface area contributed by atoms with E-state index in [-0.39, 0.29) is 0 Å². The first kappa shape index (κ1) is 14.7. The molecule has 0 saturated heterocycles. The van der Waals surface area contributed by atoms with Crippen LogP contribution in [0.15, 0.2) is 12.2 Å². The van der Waals surface area contributed by atoms with Crippen molar-refractivity contribution >= 4 is 0 Å². The zero-order chi connectivity index (χ0) is 11.5. The quantitative estimate of drug-likeness (QED) is 0.445. The minimum absolute atomic E-state index is 0.747. The van der Waals surface area contributed by atoms with Gasteiger partial charge in [-0.2, -0.15) is 0 Å². The van der Waals surface area contributed by atoms with Gasteiger partial charge < -0.3 is 10.1 Å². The molecule has 0 saturated carbocycles. The minimum Gasteiger partial charge on any atom is -0.381 e. The summed E-state index contributed by atoms with van der Waals surface area (Å²) in [5.41, 5.74) is 1.20. The Kier molecular flexibility index (Phi) is 9.96. The third-order valence-electron chi connectivity index (χ3n) is 2.12. The van der Waals surface area contributed by atoms with Crippen LogP contribution in [0.25, 0.3) is 0 Å². The van der Waals surface area contributed by atoms with Crippen LogP contribution >= 0.6 is 0 Å². The predicted octanol–water partition coefficient (Wildman–Crippen LogP) is 3.00. The molecule has 0 aromatic carbocycles. The summed E-state index contributed by atoms with van der Waals surface area (Å²) in [5.74, 6) is 0.747. The Labute approximate surface area is 95.1 Å². The number of hydrogen-bond donors (Lipinski definition) is 1. The van der Waals surface area contributed by atoms with Crippen LogP contribution in [0.5, 0.6) is 0 Å². The molecule has 0 spiro atoms. The van der Waals surface area contributed by atoms with Crippen molar-refractivity contribution < 1.29 is 4.74 Å². The maximum Gasteiger partial charge on any atom is 0.0502 e. The largest absolute Gasteiger partial charge is 0.381 e. The van der Waals surface area contributed by atoms with Gasteiger partial charge in [-0.15, -0.1) is 6.58 Å². The fraction of sp³-hybridized carbons (Fsp3) is 0.846. The molecule has 0 unspecified atom stereocenters. The van der Waals surface area contributed by atoms with Gasteiger partial charge in [0.05, 0.1) is 6.61 Å². The lowest BCUT2D eigenvalue weighted by atomic mass is 10.2. The molecule has 0 bridgehead atoms. The van der Waals surface area contributed by atoms with Crippen LogP contribution in [-0.2, 0) is 4.74 Å². The Morgan fingerprint density at radius 1 is 1.27 bits per heavy atom. The molecule has 0 radical (unpaired) electrons. The molecule has 0 aromatic heterocycles. The highest BCUT2D eigenvalue weighted by molar-refractivity contribution is 4.86. The summed E-state index contributed by atoms with van der Waals surface area (Å²) in [6.45, 7) is 14.3. The number of nitrogens with one attached hydrogen (secondary N) is 1. The standard InChI is InChI=1S/C13H27NO/c1-12(2)7-10-15-9-6-5-8-14-11-13(3)4/h13-14H,1,5-11H2,2-4H3. The first-order valence-electron chi connectivity index (χ1n) is 6.05. The van der Waals surface area contributed by atoms with Crippen molar-refractivity contribution in [3.8, 4) is 0 Å². The molecule has 15 heavy (non-hydrogen) atoms. The summed E-state index contributed by atoms with van der Waals surface area (Å²) in [4.78, 5) is 0. The number of ether oxygens (including phenoxy) is 1. The third kappa shape index (κ3) is 13.7. The van der Waals surface area contributed by atoms with Gasteiger partial charge in [-0.1, -0.05) is 19.4 Å². The van der Waals surface area contributed by atoms with Crippen molar-refractivity contribution in [3.63, 3.8) is 0 Å². The lowest BCUT2D eigenvalue weighted by Gasteiger charge is -2.07. The monoisotopic (exact) mass is 213 g/mol. The van der Waals surface area contributed by atoms with Gasteiger partial charge in [-0.3, -0.25) is 0 Å². The van der Waals surface area contributed by atoms with Crippen molar-refractivity contribution in [1.29, 1.82) is 0 Å². The lowest BCUT2D eigenvalue weighted by molar-refractivity contribution is 0.133. The van der Waals surface area contributed by atoms with Gasteiger partial charge in [0, 0.05) is 6.61 Å². The molecule has 0 aliphatic heterocycles. The molecule has 0 fully saturated rings. The summed E-state index contributed by atoms with van der Waals surface area (Å²) in [6, 6.07) is 0. The van der Waals surface area contributed by atoms with Crippen LogP contribution in [0, 0.1) is 5.92 Å². The van der Waals surface area contributed by atoms with E-state index in [1.807, 2.05) is 6.92 Å². The Balaban J connectivity index is 2.96. The molecular formula is C13H27NO. The first-order valence-corrected chi connectivity index (χ1v) is 6.05. The van der Waals surface area contributed by atoms with Gasteiger partial charge in [-0.05, 0) is 45.2 Å². The fourth-order valence-electron chi connectivity index (χ4n) is 1.19. The van der Waals surface area contributed by atoms with Crippen LogP contribution in [0.4, 0.5) is 0 Å². The molecule has 2 nitrogen and oxygen atoms in total. The maximum atomic E-state index is 5.48. The van der Waals surface area contributed by atoms with Crippen molar-refractivity contribution in [2.75, 3.05) is 26.3 Å². The molecule has 2 heteroatoms. The van der Waals surface area contributed by atoms with E-state index < -0.39 is 0 Å². The summed E-state index contributed by atoms with van der Waals surface area (Å²) in [7, 11) is 0. The zero-order valence-electron chi connectivity index (χ0n) is 10.6. The molecule has 0 heterocycles. The van der Waals surface area contributed by atoms with Crippen LogP contribution in [0.2, 0.25) is 0 Å². The van der Waals surface area contributed by atoms with Gasteiger partial charge in [0.25, 0.3) is 0 Å². The molecule has 1 N–H and O–H groups in total. The smallest absolute Gasteiger partial charge is 0.0502 e. The predicted molar refractivity (Wildman–Crippen MR) is 67.2 cm³/mol. The van der Waals surface area contributed by atoms with Gasteiger partial charge in [0.2, 0.25) is 0 Å². The van der Waals surface area contributed by atoms with Gasteiger partial charge in [0.1, 0.15) is 0 Å². The van der Waals surface area contributed by atoms with Gasteiger partial charge >= 0.3 is 0 Å². The normalized spacial score (nSPS) is 10.9. The van der Waals surface area contributed by atoms with E-state index in [1.54, 1.807) is 0 Å². The van der Waals surface area contributed by atoms with E-state index in [0.717, 1.165) is 45.1 Å². The zero-order valence-corrected chi connectivity index (χ0v) is 10.6. The molecular weight excluding hydrogens is 186 g/mol. The van der Waals surface area contributed by atoms with Crippen molar-refractivity contribution in [1.82, 2.24) is 5.32 Å². The Morgan fingerprint density at radius 2 is 2.00 bits per heavy atom. The van der Waals surface area contributed by atoms with E-state index in [2.05, 4.69) is 25.7 Å². The number of rotatable bonds is 10. The van der Waals surface area contributed by atoms with Crippen LogP contribution < -0.4 is 5.32 Å². The second-order valence-electron chi connectivity index (χ2n) is 4.62. The number of unbranched alkanes of at least 4 members (excludes halogenated alkanes) is 1. The van der Waals surface area contributed by atoms with E-state index >= 15 is 0 Å². The summed E-state index contributed by atoms with van der Waals surface area (Å²) < 4.78 is 5.48. The maximum absolute atomic E-state index is 5.48. The van der Waals surface area contributed by atoms with E-state index in [0.29, 0.717) is 0 Å². The molecule has 0 atom stereocenters. The highest BCUT2D eigenvalue weighted by Crippen LogP contribution is 1.97.